The molecule has 1 aliphatic heterocycles. The highest BCUT2D eigenvalue weighted by molar-refractivity contribution is 7.92. The molecule has 0 aliphatic carbocycles. The molecule has 0 radical (unpaired) electrons. The van der Waals surface area contributed by atoms with Gasteiger partial charge in [-0.15, -0.1) is 0 Å². The molecule has 0 spiro atoms. The van der Waals surface area contributed by atoms with E-state index in [-0.39, 0.29) is 11.4 Å². The first-order chi connectivity index (χ1) is 12.5. The summed E-state index contributed by atoms with van der Waals surface area (Å²) in [5.74, 6) is 0. The van der Waals surface area contributed by atoms with Gasteiger partial charge in [-0.05, 0) is 62.7 Å². The number of aliphatic hydroxyl groups excluding tert-OH is 1. The van der Waals surface area contributed by atoms with Gasteiger partial charge in [0.15, 0.2) is 0 Å². The maximum atomic E-state index is 13.2. The molecule has 1 atom stereocenters. The quantitative estimate of drug-likeness (QED) is 0.809. The van der Waals surface area contributed by atoms with E-state index >= 15 is 0 Å². The smallest absolute Gasteiger partial charge is 0.264 e. The van der Waals surface area contributed by atoms with Crippen molar-refractivity contribution in [2.24, 2.45) is 0 Å². The number of likely N-dealkylation sites (tertiary alicyclic amines) is 1. The second-order valence-corrected chi connectivity index (χ2v) is 8.71. The lowest BCUT2D eigenvalue weighted by atomic mass is 10.2. The van der Waals surface area contributed by atoms with E-state index in [1.54, 1.807) is 36.4 Å². The van der Waals surface area contributed by atoms with Crippen molar-refractivity contribution in [3.8, 4) is 0 Å². The average molecular weight is 375 g/mol. The first-order valence-corrected chi connectivity index (χ1v) is 10.5. The van der Waals surface area contributed by atoms with Crippen molar-refractivity contribution in [1.82, 2.24) is 4.90 Å². The SMILES string of the molecule is Cc1cccc(N(C[C@H](O)CN2CCCC2)S(=O)(=O)c2ccccc2)c1. The molecule has 1 fully saturated rings. The van der Waals surface area contributed by atoms with Crippen LogP contribution in [-0.2, 0) is 10.0 Å². The number of hydrogen-bond donors (Lipinski definition) is 1. The Hall–Kier alpha value is -1.89. The number of aliphatic hydroxyl groups is 1. The average Bonchev–Trinajstić information content (AvgIpc) is 3.13. The van der Waals surface area contributed by atoms with Gasteiger partial charge in [-0.2, -0.15) is 0 Å². The van der Waals surface area contributed by atoms with E-state index in [0.29, 0.717) is 12.2 Å². The summed E-state index contributed by atoms with van der Waals surface area (Å²) in [5.41, 5.74) is 1.55. The molecule has 26 heavy (non-hydrogen) atoms. The molecule has 2 aromatic rings. The molecule has 0 unspecified atom stereocenters. The van der Waals surface area contributed by atoms with Gasteiger partial charge >= 0.3 is 0 Å². The molecule has 140 valence electrons. The number of hydrogen-bond acceptors (Lipinski definition) is 4. The van der Waals surface area contributed by atoms with Crippen LogP contribution in [0.25, 0.3) is 0 Å². The topological polar surface area (TPSA) is 60.9 Å². The predicted octanol–water partition coefficient (Wildman–Crippen LogP) is 2.65. The van der Waals surface area contributed by atoms with Crippen LogP contribution in [0.5, 0.6) is 0 Å². The van der Waals surface area contributed by atoms with E-state index in [4.69, 9.17) is 0 Å². The van der Waals surface area contributed by atoms with Crippen molar-refractivity contribution in [3.63, 3.8) is 0 Å². The molecule has 3 rings (SSSR count). The maximum Gasteiger partial charge on any atom is 0.264 e. The van der Waals surface area contributed by atoms with Crippen molar-refractivity contribution >= 4 is 15.7 Å². The fourth-order valence-electron chi connectivity index (χ4n) is 3.36. The van der Waals surface area contributed by atoms with Gasteiger partial charge in [-0.1, -0.05) is 30.3 Å². The van der Waals surface area contributed by atoms with Crippen LogP contribution < -0.4 is 4.31 Å². The number of benzene rings is 2. The van der Waals surface area contributed by atoms with Gasteiger partial charge in [0.05, 0.1) is 23.2 Å². The molecule has 1 N–H and O–H groups in total. The monoisotopic (exact) mass is 374 g/mol. The molecule has 1 saturated heterocycles. The van der Waals surface area contributed by atoms with Crippen LogP contribution in [-0.4, -0.2) is 50.7 Å². The largest absolute Gasteiger partial charge is 0.390 e. The van der Waals surface area contributed by atoms with Gasteiger partial charge in [0, 0.05) is 6.54 Å². The zero-order valence-electron chi connectivity index (χ0n) is 15.1. The Kier molecular flexibility index (Phi) is 5.96. The van der Waals surface area contributed by atoms with Gasteiger partial charge < -0.3 is 10.0 Å². The van der Waals surface area contributed by atoms with Crippen LogP contribution in [0.4, 0.5) is 5.69 Å². The summed E-state index contributed by atoms with van der Waals surface area (Å²) < 4.78 is 27.8. The first kappa shape index (κ1) is 18.9. The second-order valence-electron chi connectivity index (χ2n) is 6.85. The van der Waals surface area contributed by atoms with E-state index in [9.17, 15) is 13.5 Å². The number of aryl methyl sites for hydroxylation is 1. The predicted molar refractivity (Wildman–Crippen MR) is 104 cm³/mol. The lowest BCUT2D eigenvalue weighted by Gasteiger charge is -2.29. The molecular formula is C20H26N2O3S. The third-order valence-electron chi connectivity index (χ3n) is 4.67. The Bertz CT molecular complexity index is 818. The summed E-state index contributed by atoms with van der Waals surface area (Å²) in [6.07, 6.45) is 1.53. The molecule has 1 aliphatic rings. The highest BCUT2D eigenvalue weighted by atomic mass is 32.2. The zero-order valence-corrected chi connectivity index (χ0v) is 15.9. The normalized spacial score (nSPS) is 16.5. The number of rotatable bonds is 7. The van der Waals surface area contributed by atoms with E-state index in [1.165, 1.54) is 4.31 Å². The summed E-state index contributed by atoms with van der Waals surface area (Å²) in [5, 5.41) is 10.6. The number of sulfonamides is 1. The van der Waals surface area contributed by atoms with Crippen LogP contribution in [0.15, 0.2) is 59.5 Å². The zero-order chi connectivity index (χ0) is 18.6. The fourth-order valence-corrected chi connectivity index (χ4v) is 4.87. The van der Waals surface area contributed by atoms with Gasteiger partial charge in [0.1, 0.15) is 0 Å². The van der Waals surface area contributed by atoms with Gasteiger partial charge in [-0.3, -0.25) is 4.31 Å². The Morgan fingerprint density at radius 3 is 2.42 bits per heavy atom. The summed E-state index contributed by atoms with van der Waals surface area (Å²) in [7, 11) is -3.74. The molecular weight excluding hydrogens is 348 g/mol. The highest BCUT2D eigenvalue weighted by Gasteiger charge is 2.28. The summed E-state index contributed by atoms with van der Waals surface area (Å²) in [6, 6.07) is 15.8. The van der Waals surface area contributed by atoms with E-state index in [2.05, 4.69) is 4.90 Å². The van der Waals surface area contributed by atoms with E-state index in [0.717, 1.165) is 31.5 Å². The number of β-amino-alcohol motifs (C(OH)–C–C–N with tert-alkyl or cyclic N) is 1. The number of anilines is 1. The lowest BCUT2D eigenvalue weighted by molar-refractivity contribution is 0.132. The van der Waals surface area contributed by atoms with Crippen molar-refractivity contribution in [2.45, 2.75) is 30.8 Å². The van der Waals surface area contributed by atoms with Crippen LogP contribution in [0.2, 0.25) is 0 Å². The molecule has 0 bridgehead atoms. The highest BCUT2D eigenvalue weighted by Crippen LogP contribution is 2.25. The first-order valence-electron chi connectivity index (χ1n) is 9.02. The Morgan fingerprint density at radius 2 is 1.77 bits per heavy atom. The van der Waals surface area contributed by atoms with Crippen LogP contribution in [0.1, 0.15) is 18.4 Å². The second kappa shape index (κ2) is 8.20. The minimum Gasteiger partial charge on any atom is -0.390 e. The minimum absolute atomic E-state index is 0.0389. The van der Waals surface area contributed by atoms with Crippen molar-refractivity contribution in [1.29, 1.82) is 0 Å². The lowest BCUT2D eigenvalue weighted by Crippen LogP contribution is -2.42. The summed E-state index contributed by atoms with van der Waals surface area (Å²) in [6.45, 7) is 4.39. The molecule has 0 amide bonds. The Morgan fingerprint density at radius 1 is 1.08 bits per heavy atom. The molecule has 1 heterocycles. The molecule has 6 heteroatoms. The fraction of sp³-hybridized carbons (Fsp3) is 0.400. The van der Waals surface area contributed by atoms with Gasteiger partial charge in [-0.25, -0.2) is 8.42 Å². The van der Waals surface area contributed by atoms with Crippen molar-refractivity contribution in [3.05, 3.63) is 60.2 Å². The Balaban J connectivity index is 1.89. The van der Waals surface area contributed by atoms with Crippen molar-refractivity contribution < 1.29 is 13.5 Å². The third kappa shape index (κ3) is 4.44. The van der Waals surface area contributed by atoms with Crippen LogP contribution >= 0.6 is 0 Å². The minimum atomic E-state index is -3.74. The van der Waals surface area contributed by atoms with E-state index < -0.39 is 16.1 Å². The Labute approximate surface area is 155 Å². The van der Waals surface area contributed by atoms with Crippen LogP contribution in [0, 0.1) is 6.92 Å². The summed E-state index contributed by atoms with van der Waals surface area (Å²) in [4.78, 5) is 2.42. The van der Waals surface area contributed by atoms with Crippen molar-refractivity contribution in [2.75, 3.05) is 30.5 Å². The van der Waals surface area contributed by atoms with Gasteiger partial charge in [0.25, 0.3) is 10.0 Å². The third-order valence-corrected chi connectivity index (χ3v) is 6.47. The molecule has 0 saturated carbocycles. The molecule has 5 nitrogen and oxygen atoms in total. The molecule has 2 aromatic carbocycles. The van der Waals surface area contributed by atoms with E-state index in [1.807, 2.05) is 25.1 Å². The summed E-state index contributed by atoms with van der Waals surface area (Å²) >= 11 is 0. The van der Waals surface area contributed by atoms with Crippen LogP contribution in [0.3, 0.4) is 0 Å². The van der Waals surface area contributed by atoms with Gasteiger partial charge in [0.2, 0.25) is 0 Å². The number of nitrogens with zero attached hydrogens (tertiary/aromatic N) is 2. The standard InChI is InChI=1S/C20H26N2O3S/c1-17-8-7-9-18(14-17)22(16-19(23)15-21-12-5-6-13-21)26(24,25)20-10-3-2-4-11-20/h2-4,7-11,14,19,23H,5-6,12-13,15-16H2,1H3/t19-/m1/s1. The maximum absolute atomic E-state index is 13.2. The molecule has 0 aromatic heterocycles.